The van der Waals surface area contributed by atoms with Crippen molar-refractivity contribution in [3.63, 3.8) is 0 Å². The highest BCUT2D eigenvalue weighted by molar-refractivity contribution is 5.49. The topological polar surface area (TPSA) is 43.7 Å². The molecule has 0 aromatic heterocycles. The number of nitrogens with zero attached hydrogens (tertiary/aromatic N) is 1. The number of rotatable bonds is 10. The molecule has 2 aromatic rings. The maximum atomic E-state index is 12.9. The normalized spacial score (nSPS) is 17.0. The van der Waals surface area contributed by atoms with Crippen LogP contribution in [0.4, 0.5) is 14.5 Å². The van der Waals surface area contributed by atoms with Crippen molar-refractivity contribution in [2.75, 3.05) is 11.4 Å². The van der Waals surface area contributed by atoms with Crippen LogP contribution in [-0.2, 0) is 0 Å². The molecule has 1 saturated heterocycles. The fraction of sp³-hybridized carbons (Fsp3) is 0.487. The molecule has 0 bridgehead atoms. The Balaban J connectivity index is 0.000000726. The summed E-state index contributed by atoms with van der Waals surface area (Å²) in [6, 6.07) is 11.8. The van der Waals surface area contributed by atoms with Gasteiger partial charge >= 0.3 is 0 Å². The predicted molar refractivity (Wildman–Crippen MR) is 187 cm³/mol. The van der Waals surface area contributed by atoms with Crippen LogP contribution < -0.4 is 4.90 Å². The van der Waals surface area contributed by atoms with E-state index in [4.69, 9.17) is 0 Å². The van der Waals surface area contributed by atoms with Gasteiger partial charge in [-0.15, -0.1) is 6.58 Å². The third-order valence-corrected chi connectivity index (χ3v) is 7.48. The molecule has 246 valence electrons. The summed E-state index contributed by atoms with van der Waals surface area (Å²) in [4.78, 5) is 1.80. The third kappa shape index (κ3) is 17.9. The molecule has 0 aliphatic carbocycles. The summed E-state index contributed by atoms with van der Waals surface area (Å²) in [7, 11) is 0. The highest BCUT2D eigenvalue weighted by Gasteiger charge is 2.37. The second-order valence-corrected chi connectivity index (χ2v) is 11.7. The number of halogens is 2. The van der Waals surface area contributed by atoms with E-state index in [9.17, 15) is 19.0 Å². The van der Waals surface area contributed by atoms with Gasteiger partial charge in [-0.1, -0.05) is 87.8 Å². The minimum absolute atomic E-state index is 0.0650. The molecular formula is C39H59F2NO2. The first-order valence-corrected chi connectivity index (χ1v) is 16.0. The van der Waals surface area contributed by atoms with Crippen molar-refractivity contribution in [1.82, 2.24) is 0 Å². The minimum Gasteiger partial charge on any atom is -0.388 e. The summed E-state index contributed by atoms with van der Waals surface area (Å²) in [5, 5.41) is 20.3. The molecule has 3 atom stereocenters. The molecule has 3 nitrogen and oxygen atoms in total. The lowest BCUT2D eigenvalue weighted by Gasteiger charge is -2.46. The van der Waals surface area contributed by atoms with E-state index >= 15 is 0 Å². The molecule has 3 unspecified atom stereocenters. The van der Waals surface area contributed by atoms with Gasteiger partial charge in [-0.25, -0.2) is 8.78 Å². The maximum absolute atomic E-state index is 12.9. The lowest BCUT2D eigenvalue weighted by Crippen LogP contribution is -2.56. The Hall–Kier alpha value is -3.02. The number of benzene rings is 2. The molecule has 0 spiro atoms. The average Bonchev–Trinajstić information content (AvgIpc) is 3.01. The molecule has 5 heteroatoms. The zero-order valence-corrected chi connectivity index (χ0v) is 28.8. The van der Waals surface area contributed by atoms with Crippen molar-refractivity contribution in [2.45, 2.75) is 107 Å². The molecular weight excluding hydrogens is 552 g/mol. The Labute approximate surface area is 267 Å². The van der Waals surface area contributed by atoms with Gasteiger partial charge in [0.05, 0.1) is 6.10 Å². The number of aliphatic hydroxyl groups is 2. The Morgan fingerprint density at radius 3 is 1.80 bits per heavy atom. The van der Waals surface area contributed by atoms with Crippen molar-refractivity contribution >= 4 is 5.69 Å². The summed E-state index contributed by atoms with van der Waals surface area (Å²) < 4.78 is 25.8. The van der Waals surface area contributed by atoms with Crippen molar-refractivity contribution in [2.24, 2.45) is 11.8 Å². The van der Waals surface area contributed by atoms with Gasteiger partial charge < -0.3 is 15.1 Å². The average molecular weight is 612 g/mol. The van der Waals surface area contributed by atoms with E-state index in [0.717, 1.165) is 18.5 Å². The molecule has 1 aliphatic rings. The molecule has 2 N–H and O–H groups in total. The van der Waals surface area contributed by atoms with E-state index in [-0.39, 0.29) is 17.6 Å². The van der Waals surface area contributed by atoms with E-state index in [1.807, 2.05) is 6.92 Å². The van der Waals surface area contributed by atoms with Crippen LogP contribution in [-0.4, -0.2) is 23.0 Å². The van der Waals surface area contributed by atoms with Gasteiger partial charge in [0.25, 0.3) is 0 Å². The number of anilines is 1. The SMILES string of the molecule is C/C=C(\C)CC.C=C(C)CC.CC/C(C)=C\C=C/C(C)C.OC(CCC1CN(c2ccc(F)cc2)C1O)c1ccc(F)cc1. The fourth-order valence-corrected chi connectivity index (χ4v) is 3.69. The molecule has 3 rings (SSSR count). The Morgan fingerprint density at radius 2 is 1.41 bits per heavy atom. The van der Waals surface area contributed by atoms with Crippen LogP contribution in [0, 0.1) is 23.5 Å². The zero-order valence-electron chi connectivity index (χ0n) is 28.8. The first-order chi connectivity index (χ1) is 20.8. The van der Waals surface area contributed by atoms with Crippen LogP contribution in [0.1, 0.15) is 106 Å². The molecule has 0 saturated carbocycles. The summed E-state index contributed by atoms with van der Waals surface area (Å²) in [6.45, 7) is 23.5. The van der Waals surface area contributed by atoms with E-state index in [2.05, 4.69) is 86.3 Å². The number of hydrogen-bond acceptors (Lipinski definition) is 3. The van der Waals surface area contributed by atoms with Crippen molar-refractivity contribution in [3.8, 4) is 0 Å². The first kappa shape index (κ1) is 41.0. The van der Waals surface area contributed by atoms with Gasteiger partial charge in [0.1, 0.15) is 17.9 Å². The van der Waals surface area contributed by atoms with Gasteiger partial charge in [-0.2, -0.15) is 0 Å². The fourth-order valence-electron chi connectivity index (χ4n) is 3.69. The van der Waals surface area contributed by atoms with Gasteiger partial charge in [-0.3, -0.25) is 0 Å². The number of hydrogen-bond donors (Lipinski definition) is 2. The molecule has 2 aromatic carbocycles. The monoisotopic (exact) mass is 611 g/mol. The second kappa shape index (κ2) is 23.4. The van der Waals surface area contributed by atoms with E-state index in [0.29, 0.717) is 30.9 Å². The summed E-state index contributed by atoms with van der Waals surface area (Å²) in [6.07, 6.45) is 12.0. The standard InChI is InChI=1S/C18H19F2NO2.C10H18.C6H12.C5H10/c19-14-4-1-12(2-5-14)17(22)10-3-13-11-21(18(13)23)16-8-6-15(20)7-9-16;1-5-10(4)8-6-7-9(2)3;1-4-6(3)5-2;1-4-5(2)3/h1-2,4-9,13,17-18,22-23H,3,10-11H2;6-9H,5H2,1-4H3;4H,5H2,1-3H3;2,4H2,1,3H3/b;7-6-,10-8-;6-4+;. The van der Waals surface area contributed by atoms with Gasteiger partial charge in [0.2, 0.25) is 0 Å². The Bertz CT molecular complexity index is 1130. The molecule has 0 amide bonds. The lowest BCUT2D eigenvalue weighted by atomic mass is 9.89. The van der Waals surface area contributed by atoms with Crippen molar-refractivity contribution in [1.29, 1.82) is 0 Å². The number of aliphatic hydroxyl groups excluding tert-OH is 2. The van der Waals surface area contributed by atoms with Crippen molar-refractivity contribution < 1.29 is 19.0 Å². The Kier molecular flexibility index (Phi) is 21.8. The lowest BCUT2D eigenvalue weighted by molar-refractivity contribution is 0.0316. The van der Waals surface area contributed by atoms with Gasteiger partial charge in [0.15, 0.2) is 0 Å². The van der Waals surface area contributed by atoms with Crippen LogP contribution in [0.15, 0.2) is 96.1 Å². The molecule has 1 fully saturated rings. The molecule has 1 heterocycles. The summed E-state index contributed by atoms with van der Waals surface area (Å²) >= 11 is 0. The van der Waals surface area contributed by atoms with Gasteiger partial charge in [-0.05, 0) is 108 Å². The van der Waals surface area contributed by atoms with Crippen LogP contribution in [0.3, 0.4) is 0 Å². The third-order valence-electron chi connectivity index (χ3n) is 7.48. The molecule has 1 aliphatic heterocycles. The quantitative estimate of drug-likeness (QED) is 0.207. The Morgan fingerprint density at radius 1 is 0.909 bits per heavy atom. The van der Waals surface area contributed by atoms with Crippen LogP contribution >= 0.6 is 0 Å². The minimum atomic E-state index is -0.664. The van der Waals surface area contributed by atoms with Crippen LogP contribution in [0.5, 0.6) is 0 Å². The smallest absolute Gasteiger partial charge is 0.131 e. The van der Waals surface area contributed by atoms with Gasteiger partial charge in [0, 0.05) is 18.2 Å². The highest BCUT2D eigenvalue weighted by atomic mass is 19.1. The highest BCUT2D eigenvalue weighted by Crippen LogP contribution is 2.34. The summed E-state index contributed by atoms with van der Waals surface area (Å²) in [5.74, 6) is 0.101. The summed E-state index contributed by atoms with van der Waals surface area (Å²) in [5.41, 5.74) is 5.63. The largest absolute Gasteiger partial charge is 0.388 e. The second-order valence-electron chi connectivity index (χ2n) is 11.7. The van der Waals surface area contributed by atoms with Crippen molar-refractivity contribution in [3.05, 3.63) is 113 Å². The predicted octanol–water partition coefficient (Wildman–Crippen LogP) is 11.1. The molecule has 44 heavy (non-hydrogen) atoms. The van der Waals surface area contributed by atoms with E-state index in [1.165, 1.54) is 47.4 Å². The molecule has 0 radical (unpaired) electrons. The number of allylic oxidation sites excluding steroid dienone is 7. The van der Waals surface area contributed by atoms with Crippen LogP contribution in [0.2, 0.25) is 0 Å². The van der Waals surface area contributed by atoms with Crippen LogP contribution in [0.25, 0.3) is 0 Å². The van der Waals surface area contributed by atoms with E-state index < -0.39 is 12.3 Å². The first-order valence-electron chi connectivity index (χ1n) is 16.0. The maximum Gasteiger partial charge on any atom is 0.131 e. The zero-order chi connectivity index (χ0) is 33.7. The van der Waals surface area contributed by atoms with E-state index in [1.54, 1.807) is 29.2 Å².